The van der Waals surface area contributed by atoms with Crippen molar-refractivity contribution in [1.82, 2.24) is 10.6 Å². The molecule has 4 nitrogen and oxygen atoms in total. The molecule has 0 bridgehead atoms. The minimum atomic E-state index is 0.0962. The minimum Gasteiger partial charge on any atom is -0.464 e. The predicted molar refractivity (Wildman–Crippen MR) is 88.6 cm³/mol. The summed E-state index contributed by atoms with van der Waals surface area (Å²) in [5, 5.41) is 6.65. The highest BCUT2D eigenvalue weighted by atomic mass is 32.2. The van der Waals surface area contributed by atoms with Crippen LogP contribution in [0.15, 0.2) is 21.5 Å². The fraction of sp³-hybridized carbons (Fsp3) is 0.667. The summed E-state index contributed by atoms with van der Waals surface area (Å²) in [5.41, 5.74) is 0. The van der Waals surface area contributed by atoms with E-state index >= 15 is 0 Å². The second-order valence-corrected chi connectivity index (χ2v) is 6.99. The van der Waals surface area contributed by atoms with Gasteiger partial charge in [0.2, 0.25) is 0 Å². The summed E-state index contributed by atoms with van der Waals surface area (Å²) in [6.07, 6.45) is 2.12. The van der Waals surface area contributed by atoms with Crippen LogP contribution < -0.4 is 10.6 Å². The molecule has 0 saturated carbocycles. The fourth-order valence-corrected chi connectivity index (χ4v) is 1.81. The quantitative estimate of drug-likeness (QED) is 0.624. The van der Waals surface area contributed by atoms with Gasteiger partial charge in [-0.05, 0) is 53.0 Å². The Kier molecular flexibility index (Phi) is 6.46. The summed E-state index contributed by atoms with van der Waals surface area (Å²) in [4.78, 5) is 4.66. The number of hydrogen-bond acceptors (Lipinski definition) is 3. The van der Waals surface area contributed by atoms with Gasteiger partial charge in [-0.25, -0.2) is 0 Å². The molecule has 0 saturated heterocycles. The van der Waals surface area contributed by atoms with Crippen LogP contribution >= 0.6 is 11.8 Å². The molecule has 0 spiro atoms. The summed E-state index contributed by atoms with van der Waals surface area (Å²) in [6, 6.07) is 4.08. The summed E-state index contributed by atoms with van der Waals surface area (Å²) in [7, 11) is 0. The SMILES string of the molecule is CCNC(=NCC(C)(C)SC)NC(C)c1ccc(C)o1. The highest BCUT2D eigenvalue weighted by Gasteiger charge is 2.16. The van der Waals surface area contributed by atoms with Gasteiger partial charge in [0.15, 0.2) is 5.96 Å². The van der Waals surface area contributed by atoms with E-state index in [1.54, 1.807) is 0 Å². The largest absolute Gasteiger partial charge is 0.464 e. The molecule has 0 radical (unpaired) electrons. The average molecular weight is 297 g/mol. The van der Waals surface area contributed by atoms with E-state index in [-0.39, 0.29) is 10.8 Å². The van der Waals surface area contributed by atoms with Crippen LogP contribution in [-0.2, 0) is 0 Å². The number of nitrogens with one attached hydrogen (secondary N) is 2. The summed E-state index contributed by atoms with van der Waals surface area (Å²) in [6.45, 7) is 12.1. The Labute approximate surface area is 126 Å². The highest BCUT2D eigenvalue weighted by Crippen LogP contribution is 2.21. The van der Waals surface area contributed by atoms with E-state index in [1.165, 1.54) is 0 Å². The molecule has 1 aromatic rings. The van der Waals surface area contributed by atoms with Gasteiger partial charge in [-0.1, -0.05) is 0 Å². The maximum absolute atomic E-state index is 5.64. The smallest absolute Gasteiger partial charge is 0.191 e. The van der Waals surface area contributed by atoms with Gasteiger partial charge in [-0.3, -0.25) is 4.99 Å². The van der Waals surface area contributed by atoms with Crippen molar-refractivity contribution in [2.24, 2.45) is 4.99 Å². The van der Waals surface area contributed by atoms with Gasteiger partial charge in [0.25, 0.3) is 0 Å². The molecule has 0 amide bonds. The lowest BCUT2D eigenvalue weighted by Gasteiger charge is -2.21. The third kappa shape index (κ3) is 5.49. The maximum Gasteiger partial charge on any atom is 0.191 e. The van der Waals surface area contributed by atoms with Crippen LogP contribution in [0.2, 0.25) is 0 Å². The van der Waals surface area contributed by atoms with Crippen molar-refractivity contribution in [1.29, 1.82) is 0 Å². The first-order valence-electron chi connectivity index (χ1n) is 7.04. The number of aliphatic imine (C=N–C) groups is 1. The fourth-order valence-electron chi connectivity index (χ4n) is 1.62. The van der Waals surface area contributed by atoms with E-state index in [4.69, 9.17) is 4.42 Å². The maximum atomic E-state index is 5.64. The topological polar surface area (TPSA) is 49.6 Å². The lowest BCUT2D eigenvalue weighted by molar-refractivity contribution is 0.441. The van der Waals surface area contributed by atoms with Crippen molar-refractivity contribution in [3.05, 3.63) is 23.7 Å². The van der Waals surface area contributed by atoms with Crippen LogP contribution in [0.3, 0.4) is 0 Å². The number of rotatable bonds is 6. The highest BCUT2D eigenvalue weighted by molar-refractivity contribution is 7.99. The van der Waals surface area contributed by atoms with E-state index in [2.05, 4.69) is 49.6 Å². The monoisotopic (exact) mass is 297 g/mol. The van der Waals surface area contributed by atoms with E-state index in [0.717, 1.165) is 30.6 Å². The molecule has 0 aliphatic carbocycles. The summed E-state index contributed by atoms with van der Waals surface area (Å²) >= 11 is 1.82. The minimum absolute atomic E-state index is 0.0962. The van der Waals surface area contributed by atoms with Crippen LogP contribution in [0, 0.1) is 6.92 Å². The third-order valence-corrected chi connectivity index (χ3v) is 4.29. The third-order valence-electron chi connectivity index (χ3n) is 3.06. The number of furan rings is 1. The first-order chi connectivity index (χ1) is 9.38. The molecular weight excluding hydrogens is 270 g/mol. The molecule has 0 aliphatic heterocycles. The lowest BCUT2D eigenvalue weighted by atomic mass is 10.2. The Bertz CT molecular complexity index is 440. The normalized spacial score (nSPS) is 14.2. The van der Waals surface area contributed by atoms with Crippen LogP contribution in [0.1, 0.15) is 45.3 Å². The van der Waals surface area contributed by atoms with Gasteiger partial charge in [-0.2, -0.15) is 11.8 Å². The number of hydrogen-bond donors (Lipinski definition) is 2. The Morgan fingerprint density at radius 3 is 2.65 bits per heavy atom. The van der Waals surface area contributed by atoms with Crippen molar-refractivity contribution in [3.63, 3.8) is 0 Å². The Morgan fingerprint density at radius 2 is 2.15 bits per heavy atom. The zero-order valence-electron chi connectivity index (χ0n) is 13.4. The van der Waals surface area contributed by atoms with Crippen molar-refractivity contribution >= 4 is 17.7 Å². The van der Waals surface area contributed by atoms with Crippen molar-refractivity contribution in [2.75, 3.05) is 19.3 Å². The van der Waals surface area contributed by atoms with E-state index in [0.29, 0.717) is 0 Å². The first kappa shape index (κ1) is 17.0. The molecule has 114 valence electrons. The van der Waals surface area contributed by atoms with Gasteiger partial charge >= 0.3 is 0 Å². The molecule has 5 heteroatoms. The molecule has 1 unspecified atom stereocenters. The second-order valence-electron chi connectivity index (χ2n) is 5.47. The molecule has 1 atom stereocenters. The molecule has 1 rings (SSSR count). The van der Waals surface area contributed by atoms with Crippen LogP contribution in [0.25, 0.3) is 0 Å². The molecular formula is C15H27N3OS. The molecule has 0 fully saturated rings. The molecule has 2 N–H and O–H groups in total. The number of aryl methyl sites for hydroxylation is 1. The molecule has 1 aromatic heterocycles. The Balaban J connectivity index is 2.69. The van der Waals surface area contributed by atoms with Crippen LogP contribution in [-0.4, -0.2) is 30.1 Å². The lowest BCUT2D eigenvalue weighted by Crippen LogP contribution is -2.39. The van der Waals surface area contributed by atoms with Crippen molar-refractivity contribution in [3.8, 4) is 0 Å². The first-order valence-corrected chi connectivity index (χ1v) is 8.26. The standard InChI is InChI=1S/C15H27N3OS/c1-7-16-14(17-10-15(4,5)20-6)18-12(3)13-9-8-11(2)19-13/h8-9,12H,7,10H2,1-6H3,(H2,16,17,18). The van der Waals surface area contributed by atoms with Gasteiger partial charge in [0.05, 0.1) is 12.6 Å². The average Bonchev–Trinajstić information content (AvgIpc) is 2.83. The molecule has 20 heavy (non-hydrogen) atoms. The van der Waals surface area contributed by atoms with Gasteiger partial charge in [-0.15, -0.1) is 0 Å². The van der Waals surface area contributed by atoms with E-state index < -0.39 is 0 Å². The zero-order chi connectivity index (χ0) is 15.2. The van der Waals surface area contributed by atoms with Crippen LogP contribution in [0.4, 0.5) is 0 Å². The Hall–Kier alpha value is -1.10. The van der Waals surface area contributed by atoms with E-state index in [9.17, 15) is 0 Å². The predicted octanol–water partition coefficient (Wildman–Crippen LogP) is 3.35. The Morgan fingerprint density at radius 1 is 1.45 bits per heavy atom. The van der Waals surface area contributed by atoms with Crippen molar-refractivity contribution in [2.45, 2.75) is 45.4 Å². The van der Waals surface area contributed by atoms with Crippen molar-refractivity contribution < 1.29 is 4.42 Å². The molecule has 0 aromatic carbocycles. The van der Waals surface area contributed by atoms with Gasteiger partial charge in [0, 0.05) is 11.3 Å². The summed E-state index contributed by atoms with van der Waals surface area (Å²) in [5.74, 6) is 2.69. The molecule has 1 heterocycles. The number of nitrogens with zero attached hydrogens (tertiary/aromatic N) is 1. The van der Waals surface area contributed by atoms with E-state index in [1.807, 2.05) is 30.8 Å². The van der Waals surface area contributed by atoms with Gasteiger partial charge in [0.1, 0.15) is 11.5 Å². The summed E-state index contributed by atoms with van der Waals surface area (Å²) < 4.78 is 5.79. The molecule has 0 aliphatic rings. The number of thioether (sulfide) groups is 1. The number of guanidine groups is 1. The zero-order valence-corrected chi connectivity index (χ0v) is 14.2. The second kappa shape index (κ2) is 7.62. The van der Waals surface area contributed by atoms with Crippen LogP contribution in [0.5, 0.6) is 0 Å². The van der Waals surface area contributed by atoms with Gasteiger partial charge < -0.3 is 15.1 Å².